The van der Waals surface area contributed by atoms with Gasteiger partial charge in [-0.3, -0.25) is 4.79 Å². The predicted molar refractivity (Wildman–Crippen MR) is 106 cm³/mol. The second kappa shape index (κ2) is 7.38. The second-order valence-electron chi connectivity index (χ2n) is 6.79. The quantitative estimate of drug-likeness (QED) is 0.476. The van der Waals surface area contributed by atoms with Crippen LogP contribution in [0, 0.1) is 0 Å². The third-order valence-electron chi connectivity index (χ3n) is 4.68. The number of benzene rings is 3. The van der Waals surface area contributed by atoms with Gasteiger partial charge in [0.05, 0.1) is 11.3 Å². The summed E-state index contributed by atoms with van der Waals surface area (Å²) in [7, 11) is 0. The minimum Gasteiger partial charge on any atom is -0.454 e. The molecule has 0 bridgehead atoms. The molecule has 0 radical (unpaired) electrons. The van der Waals surface area contributed by atoms with E-state index in [2.05, 4.69) is 30.7 Å². The molecule has 0 saturated heterocycles. The van der Waals surface area contributed by atoms with Gasteiger partial charge in [-0.25, -0.2) is 0 Å². The van der Waals surface area contributed by atoms with Gasteiger partial charge in [-0.05, 0) is 46.7 Å². The van der Waals surface area contributed by atoms with Gasteiger partial charge in [0, 0.05) is 11.6 Å². The summed E-state index contributed by atoms with van der Waals surface area (Å²) < 4.78 is 47.2. The van der Waals surface area contributed by atoms with Gasteiger partial charge in [0.15, 0.2) is 5.75 Å². The highest BCUT2D eigenvalue weighted by Gasteiger charge is 2.32. The van der Waals surface area contributed by atoms with Crippen molar-refractivity contribution in [1.82, 2.24) is 20.6 Å². The summed E-state index contributed by atoms with van der Waals surface area (Å²) in [5.74, 6) is -0.110. The smallest absolute Gasteiger partial charge is 0.454 e. The lowest BCUT2D eigenvalue weighted by Gasteiger charge is -2.12. The number of nitrogens with one attached hydrogen (secondary N) is 2. The summed E-state index contributed by atoms with van der Waals surface area (Å²) in [6.45, 7) is 0. The predicted octanol–water partition coefficient (Wildman–Crippen LogP) is 4.79. The number of anilines is 1. The molecule has 11 heteroatoms. The number of hydrogen-bond acceptors (Lipinski definition) is 6. The average Bonchev–Trinajstić information content (AvgIpc) is 3.25. The molecular formula is C21H12F3N5O3. The molecule has 1 amide bonds. The molecule has 1 aromatic heterocycles. The number of fused-ring (bicyclic) bond motifs is 2. The molecule has 3 aromatic carbocycles. The van der Waals surface area contributed by atoms with Crippen molar-refractivity contribution in [3.63, 3.8) is 0 Å². The second-order valence-corrected chi connectivity index (χ2v) is 6.79. The van der Waals surface area contributed by atoms with E-state index in [1.807, 2.05) is 24.3 Å². The molecule has 0 fully saturated rings. The zero-order chi connectivity index (χ0) is 22.3. The number of tetrazole rings is 1. The fourth-order valence-electron chi connectivity index (χ4n) is 3.30. The molecule has 0 aliphatic carbocycles. The SMILES string of the molecule is O=C1Nc2cc(OC(F)(F)F)ccc2Oc2ccc(-c3cccc(-c4nn[nH]n4)c3)cc21. The maximum absolute atomic E-state index is 12.8. The minimum absolute atomic E-state index is 0.0635. The number of aromatic amines is 1. The maximum Gasteiger partial charge on any atom is 0.573 e. The third-order valence-corrected chi connectivity index (χ3v) is 4.68. The average molecular weight is 439 g/mol. The number of carbonyl (C=O) groups is 1. The summed E-state index contributed by atoms with van der Waals surface area (Å²) in [5, 5.41) is 16.4. The van der Waals surface area contributed by atoms with Crippen molar-refractivity contribution in [2.75, 3.05) is 5.32 Å². The van der Waals surface area contributed by atoms with Gasteiger partial charge in [-0.2, -0.15) is 5.21 Å². The summed E-state index contributed by atoms with van der Waals surface area (Å²) in [6.07, 6.45) is -4.85. The van der Waals surface area contributed by atoms with Crippen molar-refractivity contribution in [2.45, 2.75) is 6.36 Å². The van der Waals surface area contributed by atoms with E-state index in [0.717, 1.165) is 28.8 Å². The Morgan fingerprint density at radius 1 is 0.906 bits per heavy atom. The van der Waals surface area contributed by atoms with Crippen LogP contribution in [0.3, 0.4) is 0 Å². The summed E-state index contributed by atoms with van der Waals surface area (Å²) in [4.78, 5) is 12.8. The van der Waals surface area contributed by atoms with Crippen molar-refractivity contribution >= 4 is 11.6 Å². The van der Waals surface area contributed by atoms with Crippen molar-refractivity contribution in [3.05, 3.63) is 66.2 Å². The van der Waals surface area contributed by atoms with Crippen LogP contribution < -0.4 is 14.8 Å². The van der Waals surface area contributed by atoms with Crippen molar-refractivity contribution in [1.29, 1.82) is 0 Å². The van der Waals surface area contributed by atoms with Gasteiger partial charge in [0.1, 0.15) is 11.5 Å². The molecule has 1 aliphatic heterocycles. The molecule has 0 spiro atoms. The Morgan fingerprint density at radius 3 is 2.47 bits per heavy atom. The number of nitrogens with zero attached hydrogens (tertiary/aromatic N) is 3. The van der Waals surface area contributed by atoms with Gasteiger partial charge in [-0.1, -0.05) is 24.3 Å². The minimum atomic E-state index is -4.85. The molecule has 4 aromatic rings. The van der Waals surface area contributed by atoms with Crippen molar-refractivity contribution in [3.8, 4) is 39.8 Å². The summed E-state index contributed by atoms with van der Waals surface area (Å²) in [6, 6.07) is 15.9. The summed E-state index contributed by atoms with van der Waals surface area (Å²) in [5.41, 5.74) is 2.54. The number of amides is 1. The van der Waals surface area contributed by atoms with Crippen LogP contribution in [0.15, 0.2) is 60.7 Å². The Labute approximate surface area is 178 Å². The van der Waals surface area contributed by atoms with Crippen LogP contribution in [0.4, 0.5) is 18.9 Å². The van der Waals surface area contributed by atoms with E-state index >= 15 is 0 Å². The van der Waals surface area contributed by atoms with E-state index in [4.69, 9.17) is 4.74 Å². The highest BCUT2D eigenvalue weighted by Crippen LogP contribution is 2.40. The molecule has 1 aliphatic rings. The first-order valence-corrected chi connectivity index (χ1v) is 9.23. The van der Waals surface area contributed by atoms with Gasteiger partial charge >= 0.3 is 6.36 Å². The largest absolute Gasteiger partial charge is 0.573 e. The first-order chi connectivity index (χ1) is 15.4. The van der Waals surface area contributed by atoms with Crippen molar-refractivity contribution < 1.29 is 27.4 Å². The normalized spacial score (nSPS) is 12.8. The Balaban J connectivity index is 1.48. The Morgan fingerprint density at radius 2 is 1.69 bits per heavy atom. The fraction of sp³-hybridized carbons (Fsp3) is 0.0476. The molecule has 0 unspecified atom stereocenters. The fourth-order valence-corrected chi connectivity index (χ4v) is 3.30. The van der Waals surface area contributed by atoms with Crippen molar-refractivity contribution in [2.24, 2.45) is 0 Å². The van der Waals surface area contributed by atoms with Crippen LogP contribution in [0.2, 0.25) is 0 Å². The van der Waals surface area contributed by atoms with Crippen LogP contribution in [0.25, 0.3) is 22.5 Å². The van der Waals surface area contributed by atoms with Crippen LogP contribution in [0.1, 0.15) is 10.4 Å². The number of aromatic nitrogens is 4. The van der Waals surface area contributed by atoms with E-state index < -0.39 is 18.0 Å². The highest BCUT2D eigenvalue weighted by atomic mass is 19.4. The molecule has 5 rings (SSSR count). The zero-order valence-electron chi connectivity index (χ0n) is 16.0. The van der Waals surface area contributed by atoms with Crippen LogP contribution in [0.5, 0.6) is 17.2 Å². The molecule has 2 heterocycles. The number of hydrogen-bond donors (Lipinski definition) is 2. The monoisotopic (exact) mass is 439 g/mol. The number of rotatable bonds is 3. The number of H-pyrrole nitrogens is 1. The maximum atomic E-state index is 12.8. The van der Waals surface area contributed by atoms with Crippen LogP contribution in [-0.2, 0) is 0 Å². The van der Waals surface area contributed by atoms with E-state index in [1.165, 1.54) is 6.07 Å². The molecular weight excluding hydrogens is 427 g/mol. The molecule has 2 N–H and O–H groups in total. The first kappa shape index (κ1) is 19.5. The standard InChI is InChI=1S/C21H12F3N5O3/c22-21(23,24)32-14-5-7-18-16(10-14)25-20(30)15-9-12(4-6-17(15)31-18)11-2-1-3-13(8-11)19-26-28-29-27-19/h1-10H,(H,25,30)(H,26,27,28,29). The Bertz CT molecular complexity index is 1320. The number of ether oxygens (including phenoxy) is 2. The van der Waals surface area contributed by atoms with E-state index in [1.54, 1.807) is 18.2 Å². The van der Waals surface area contributed by atoms with E-state index in [0.29, 0.717) is 5.82 Å². The lowest BCUT2D eigenvalue weighted by Crippen LogP contribution is -2.17. The number of halogens is 3. The highest BCUT2D eigenvalue weighted by molar-refractivity contribution is 6.08. The third kappa shape index (κ3) is 3.83. The molecule has 0 atom stereocenters. The van der Waals surface area contributed by atoms with Gasteiger partial charge in [-0.15, -0.1) is 23.4 Å². The topological polar surface area (TPSA) is 102 Å². The van der Waals surface area contributed by atoms with Crippen LogP contribution >= 0.6 is 0 Å². The number of carbonyl (C=O) groups excluding carboxylic acids is 1. The molecule has 160 valence electrons. The molecule has 32 heavy (non-hydrogen) atoms. The Kier molecular flexibility index (Phi) is 4.51. The van der Waals surface area contributed by atoms with Gasteiger partial charge in [0.25, 0.3) is 5.91 Å². The van der Waals surface area contributed by atoms with Gasteiger partial charge in [0.2, 0.25) is 5.82 Å². The van der Waals surface area contributed by atoms with E-state index in [9.17, 15) is 18.0 Å². The number of alkyl halides is 3. The van der Waals surface area contributed by atoms with Crippen LogP contribution in [-0.4, -0.2) is 32.9 Å². The lowest BCUT2D eigenvalue weighted by molar-refractivity contribution is -0.274. The zero-order valence-corrected chi connectivity index (χ0v) is 16.0. The van der Waals surface area contributed by atoms with E-state index in [-0.39, 0.29) is 22.7 Å². The molecule has 0 saturated carbocycles. The first-order valence-electron chi connectivity index (χ1n) is 9.23. The lowest BCUT2D eigenvalue weighted by atomic mass is 10.00. The Hall–Kier alpha value is -4.41. The van der Waals surface area contributed by atoms with Gasteiger partial charge < -0.3 is 14.8 Å². The molecule has 8 nitrogen and oxygen atoms in total. The summed E-state index contributed by atoms with van der Waals surface area (Å²) >= 11 is 0.